The first-order valence-electron chi connectivity index (χ1n) is 16.7. The van der Waals surface area contributed by atoms with Crippen LogP contribution in [0.15, 0.2) is 152 Å². The van der Waals surface area contributed by atoms with Crippen LogP contribution in [-0.2, 0) is 10.3 Å². The van der Waals surface area contributed by atoms with Gasteiger partial charge in [-0.2, -0.15) is 0 Å². The van der Waals surface area contributed by atoms with Gasteiger partial charge in [0.2, 0.25) is 0 Å². The summed E-state index contributed by atoms with van der Waals surface area (Å²) in [7, 11) is 6.32. The zero-order chi connectivity index (χ0) is 31.2. The van der Waals surface area contributed by atoms with E-state index < -0.39 is 0 Å². The van der Waals surface area contributed by atoms with Gasteiger partial charge in [-0.15, -0.1) is 18.5 Å². The molecule has 0 fully saturated rings. The molecule has 0 nitrogen and oxygen atoms in total. The average molecular weight is 647 g/mol. The Labute approximate surface area is 278 Å². The Morgan fingerprint density at radius 1 is 0.356 bits per heavy atom. The molecule has 0 N–H and O–H groups in total. The molecule has 5 aromatic carbocycles. The van der Waals surface area contributed by atoms with Crippen molar-refractivity contribution in [3.05, 3.63) is 174 Å². The van der Waals surface area contributed by atoms with Gasteiger partial charge in [0.05, 0.1) is 0 Å². The summed E-state index contributed by atoms with van der Waals surface area (Å²) in [6, 6.07) is 55.5. The Morgan fingerprint density at radius 2 is 0.644 bits per heavy atom. The predicted octanol–water partition coefficient (Wildman–Crippen LogP) is 11.6. The summed E-state index contributed by atoms with van der Waals surface area (Å²) in [4.78, 5) is 0. The Morgan fingerprint density at radius 3 is 0.956 bits per heavy atom. The predicted molar refractivity (Wildman–Crippen MR) is 206 cm³/mol. The fraction of sp³-hybridized carbons (Fsp3) is 0.286. The summed E-state index contributed by atoms with van der Waals surface area (Å²) in [5.74, 6) is 0. The molecule has 0 aliphatic carbocycles. The summed E-state index contributed by atoms with van der Waals surface area (Å²) in [6.45, 7) is 0. The average Bonchev–Trinajstić information content (AvgIpc) is 3.12. The topological polar surface area (TPSA) is 0 Å². The summed E-state index contributed by atoms with van der Waals surface area (Å²) < 4.78 is 0. The Hall–Kier alpha value is -2.61. The van der Waals surface area contributed by atoms with E-state index in [-0.39, 0.29) is 18.2 Å². The second-order valence-corrected chi connectivity index (χ2v) is 16.8. The van der Waals surface area contributed by atoms with Crippen LogP contribution in [0.3, 0.4) is 0 Å². The van der Waals surface area contributed by atoms with Crippen LogP contribution in [0.2, 0.25) is 0 Å². The lowest BCUT2D eigenvalue weighted by Crippen LogP contribution is -2.20. The number of unbranched alkanes of at least 4 members (excludes halogenated alkanes) is 4. The van der Waals surface area contributed by atoms with E-state index in [4.69, 9.17) is 0 Å². The molecule has 0 bridgehead atoms. The summed E-state index contributed by atoms with van der Waals surface area (Å²) in [6.07, 6.45) is 12.6. The maximum atomic E-state index is 3.23. The highest BCUT2D eigenvalue weighted by molar-refractivity contribution is 7.65. The van der Waals surface area contributed by atoms with Crippen molar-refractivity contribution in [2.45, 2.75) is 61.7 Å². The second kappa shape index (κ2) is 17.3. The maximum absolute atomic E-state index is 3.23. The van der Waals surface area contributed by atoms with Crippen LogP contribution in [0.5, 0.6) is 0 Å². The maximum Gasteiger partial charge on any atom is 0.0344 e. The third-order valence-corrected chi connectivity index (χ3v) is 13.9. The van der Waals surface area contributed by atoms with Crippen LogP contribution in [0, 0.1) is 0 Å². The van der Waals surface area contributed by atoms with E-state index in [9.17, 15) is 0 Å². The molecule has 0 aliphatic rings. The van der Waals surface area contributed by atoms with Crippen LogP contribution in [0.4, 0.5) is 0 Å². The van der Waals surface area contributed by atoms with Gasteiger partial charge in [0.15, 0.2) is 0 Å². The van der Waals surface area contributed by atoms with Crippen molar-refractivity contribution >= 4 is 31.7 Å². The molecule has 0 heterocycles. The van der Waals surface area contributed by atoms with E-state index in [2.05, 4.69) is 170 Å². The van der Waals surface area contributed by atoms with E-state index in [1.807, 2.05) is 0 Å². The fourth-order valence-electron chi connectivity index (χ4n) is 6.63. The SMILES string of the molecule is PC(CCCCCP(CCCCCC(P)(c1ccccc1)c1ccccc1)c1ccccc1)(c1ccccc1)c1ccccc1. The van der Waals surface area contributed by atoms with Gasteiger partial charge in [-0.05, 0) is 65.6 Å². The number of benzene rings is 5. The van der Waals surface area contributed by atoms with Gasteiger partial charge >= 0.3 is 0 Å². The van der Waals surface area contributed by atoms with E-state index in [0.717, 1.165) is 12.8 Å². The third-order valence-electron chi connectivity index (χ3n) is 9.28. The minimum Gasteiger partial charge on any atom is -0.122 e. The van der Waals surface area contributed by atoms with Crippen LogP contribution in [0.25, 0.3) is 0 Å². The Balaban J connectivity index is 1.14. The smallest absolute Gasteiger partial charge is 0.0344 e. The molecular weight excluding hydrogens is 597 g/mol. The Kier molecular flexibility index (Phi) is 13.0. The van der Waals surface area contributed by atoms with Crippen molar-refractivity contribution < 1.29 is 0 Å². The quantitative estimate of drug-likeness (QED) is 0.0697. The normalized spacial score (nSPS) is 12.0. The summed E-state index contributed by atoms with van der Waals surface area (Å²) in [5, 5.41) is 1.52. The van der Waals surface area contributed by atoms with E-state index >= 15 is 0 Å². The molecule has 5 rings (SSSR count). The molecule has 5 aromatic rings. The molecule has 0 amide bonds. The lowest BCUT2D eigenvalue weighted by molar-refractivity contribution is 0.582. The van der Waals surface area contributed by atoms with Gasteiger partial charge in [0.1, 0.15) is 0 Å². The van der Waals surface area contributed by atoms with E-state index in [1.54, 1.807) is 5.30 Å². The zero-order valence-electron chi connectivity index (χ0n) is 26.6. The monoisotopic (exact) mass is 646 g/mol. The molecule has 45 heavy (non-hydrogen) atoms. The van der Waals surface area contributed by atoms with Crippen LogP contribution >= 0.6 is 26.4 Å². The first-order valence-corrected chi connectivity index (χ1v) is 19.6. The van der Waals surface area contributed by atoms with Gasteiger partial charge in [-0.25, -0.2) is 0 Å². The molecule has 0 aliphatic heterocycles. The molecule has 0 aromatic heterocycles. The van der Waals surface area contributed by atoms with Crippen molar-refractivity contribution in [3.8, 4) is 0 Å². The fourth-order valence-corrected chi connectivity index (χ4v) is 10.4. The van der Waals surface area contributed by atoms with E-state index in [1.165, 1.54) is 73.1 Å². The van der Waals surface area contributed by atoms with Crippen molar-refractivity contribution in [2.75, 3.05) is 12.3 Å². The molecule has 0 spiro atoms. The van der Waals surface area contributed by atoms with Gasteiger partial charge in [-0.1, -0.05) is 185 Å². The Bertz CT molecular complexity index is 1330. The first kappa shape index (κ1) is 33.7. The van der Waals surface area contributed by atoms with Crippen molar-refractivity contribution in [1.82, 2.24) is 0 Å². The van der Waals surface area contributed by atoms with Crippen LogP contribution in [-0.4, -0.2) is 12.3 Å². The molecule has 2 atom stereocenters. The van der Waals surface area contributed by atoms with Crippen LogP contribution in [0.1, 0.15) is 73.6 Å². The highest BCUT2D eigenvalue weighted by Crippen LogP contribution is 2.45. The highest BCUT2D eigenvalue weighted by Gasteiger charge is 2.29. The molecule has 232 valence electrons. The standard InChI is InChI=1S/C42H49P3/c43-41(36-22-8-1-9-23-36,37-24-10-2-11-25-37)32-18-6-20-34-45(40-30-16-5-17-31-40)35-21-7-19-33-42(44,38-26-12-3-13-27-38)39-28-14-4-15-29-39/h1-5,8-17,22-31H,6-7,18-21,32-35,43-44H2. The van der Waals surface area contributed by atoms with Crippen molar-refractivity contribution in [3.63, 3.8) is 0 Å². The minimum atomic E-state index is -0.131. The minimum absolute atomic E-state index is 0.0288. The largest absolute Gasteiger partial charge is 0.122 e. The zero-order valence-corrected chi connectivity index (χ0v) is 29.8. The van der Waals surface area contributed by atoms with Gasteiger partial charge in [0, 0.05) is 10.3 Å². The third kappa shape index (κ3) is 9.24. The molecule has 3 heteroatoms. The van der Waals surface area contributed by atoms with Gasteiger partial charge in [-0.3, -0.25) is 0 Å². The molecule has 0 radical (unpaired) electrons. The first-order chi connectivity index (χ1) is 22.1. The second-order valence-electron chi connectivity index (χ2n) is 12.4. The molecular formula is C42H49P3. The van der Waals surface area contributed by atoms with Gasteiger partial charge < -0.3 is 0 Å². The highest BCUT2D eigenvalue weighted by atomic mass is 31.1. The molecule has 0 saturated carbocycles. The molecule has 0 saturated heterocycles. The van der Waals surface area contributed by atoms with E-state index in [0.29, 0.717) is 0 Å². The summed E-state index contributed by atoms with van der Waals surface area (Å²) in [5.41, 5.74) is 5.56. The summed E-state index contributed by atoms with van der Waals surface area (Å²) >= 11 is 0. The van der Waals surface area contributed by atoms with Crippen LogP contribution < -0.4 is 5.30 Å². The lowest BCUT2D eigenvalue weighted by Gasteiger charge is -2.31. The van der Waals surface area contributed by atoms with Gasteiger partial charge in [0.25, 0.3) is 0 Å². The van der Waals surface area contributed by atoms with Crippen molar-refractivity contribution in [1.29, 1.82) is 0 Å². The molecule has 2 unspecified atom stereocenters. The van der Waals surface area contributed by atoms with Crippen molar-refractivity contribution in [2.24, 2.45) is 0 Å². The number of hydrogen-bond acceptors (Lipinski definition) is 0. The lowest BCUT2D eigenvalue weighted by atomic mass is 9.85. The number of rotatable bonds is 17. The number of hydrogen-bond donors (Lipinski definition) is 0.